The van der Waals surface area contributed by atoms with E-state index < -0.39 is 5.82 Å². The lowest BCUT2D eigenvalue weighted by molar-refractivity contribution is 0.628. The molecule has 0 saturated carbocycles. The van der Waals surface area contributed by atoms with Gasteiger partial charge in [-0.2, -0.15) is 0 Å². The standard InChI is InChI=1S/C11H8ClFN2/c12-9-3-1-2-7(4-9)8-5-10(13)11(14)15-6-8/h1-6H,(H2,14,15). The third kappa shape index (κ3) is 2.07. The zero-order chi connectivity index (χ0) is 10.8. The van der Waals surface area contributed by atoms with Crippen LogP contribution in [0.5, 0.6) is 0 Å². The van der Waals surface area contributed by atoms with Crippen molar-refractivity contribution in [3.63, 3.8) is 0 Å². The number of nitrogen functional groups attached to an aromatic ring is 1. The minimum absolute atomic E-state index is 0.0965. The number of anilines is 1. The average molecular weight is 223 g/mol. The van der Waals surface area contributed by atoms with E-state index in [-0.39, 0.29) is 5.82 Å². The Kier molecular flexibility index (Phi) is 2.56. The molecule has 0 spiro atoms. The van der Waals surface area contributed by atoms with Crippen LogP contribution in [-0.4, -0.2) is 4.98 Å². The fourth-order valence-corrected chi connectivity index (χ4v) is 1.46. The van der Waals surface area contributed by atoms with Crippen molar-refractivity contribution < 1.29 is 4.39 Å². The number of hydrogen-bond donors (Lipinski definition) is 1. The maximum atomic E-state index is 13.1. The van der Waals surface area contributed by atoms with Crippen LogP contribution in [0.3, 0.4) is 0 Å². The van der Waals surface area contributed by atoms with Crippen LogP contribution in [0.15, 0.2) is 36.5 Å². The zero-order valence-electron chi connectivity index (χ0n) is 7.74. The molecule has 0 fully saturated rings. The highest BCUT2D eigenvalue weighted by atomic mass is 35.5. The fraction of sp³-hybridized carbons (Fsp3) is 0. The summed E-state index contributed by atoms with van der Waals surface area (Å²) in [6.45, 7) is 0. The SMILES string of the molecule is Nc1ncc(-c2cccc(Cl)c2)cc1F. The van der Waals surface area contributed by atoms with E-state index in [1.807, 2.05) is 6.07 Å². The highest BCUT2D eigenvalue weighted by molar-refractivity contribution is 6.30. The number of nitrogens with two attached hydrogens (primary N) is 1. The van der Waals surface area contributed by atoms with Crippen LogP contribution < -0.4 is 5.73 Å². The maximum absolute atomic E-state index is 13.1. The first-order chi connectivity index (χ1) is 7.16. The van der Waals surface area contributed by atoms with Crippen molar-refractivity contribution in [3.8, 4) is 11.1 Å². The lowest BCUT2D eigenvalue weighted by Crippen LogP contribution is -1.94. The van der Waals surface area contributed by atoms with Gasteiger partial charge in [0.2, 0.25) is 0 Å². The van der Waals surface area contributed by atoms with E-state index in [0.29, 0.717) is 10.6 Å². The molecular weight excluding hydrogens is 215 g/mol. The van der Waals surface area contributed by atoms with E-state index in [9.17, 15) is 4.39 Å². The Morgan fingerprint density at radius 2 is 2.00 bits per heavy atom. The molecule has 4 heteroatoms. The number of benzene rings is 1. The van der Waals surface area contributed by atoms with Gasteiger partial charge >= 0.3 is 0 Å². The van der Waals surface area contributed by atoms with Crippen LogP contribution in [0.4, 0.5) is 10.2 Å². The van der Waals surface area contributed by atoms with Crippen molar-refractivity contribution in [2.75, 3.05) is 5.73 Å². The van der Waals surface area contributed by atoms with Crippen molar-refractivity contribution >= 4 is 17.4 Å². The topological polar surface area (TPSA) is 38.9 Å². The quantitative estimate of drug-likeness (QED) is 0.805. The molecule has 0 saturated heterocycles. The molecular formula is C11H8ClFN2. The van der Waals surface area contributed by atoms with Gasteiger partial charge in [-0.25, -0.2) is 9.37 Å². The number of hydrogen-bond acceptors (Lipinski definition) is 2. The van der Waals surface area contributed by atoms with Crippen molar-refractivity contribution in [3.05, 3.63) is 47.4 Å². The number of rotatable bonds is 1. The Labute approximate surface area is 91.5 Å². The van der Waals surface area contributed by atoms with Crippen LogP contribution in [0.2, 0.25) is 5.02 Å². The van der Waals surface area contributed by atoms with Gasteiger partial charge in [-0.05, 0) is 23.8 Å². The van der Waals surface area contributed by atoms with Crippen LogP contribution in [-0.2, 0) is 0 Å². The molecule has 1 aromatic carbocycles. The van der Waals surface area contributed by atoms with Gasteiger partial charge in [0.05, 0.1) is 0 Å². The molecule has 0 aliphatic carbocycles. The Balaban J connectivity index is 2.50. The van der Waals surface area contributed by atoms with Gasteiger partial charge in [0.15, 0.2) is 11.6 Å². The third-order valence-electron chi connectivity index (χ3n) is 2.03. The molecule has 0 radical (unpaired) electrons. The minimum Gasteiger partial charge on any atom is -0.381 e. The Morgan fingerprint density at radius 3 is 2.67 bits per heavy atom. The summed E-state index contributed by atoms with van der Waals surface area (Å²) < 4.78 is 13.1. The first-order valence-electron chi connectivity index (χ1n) is 4.34. The lowest BCUT2D eigenvalue weighted by atomic mass is 10.1. The molecule has 2 rings (SSSR count). The second-order valence-electron chi connectivity index (χ2n) is 3.10. The van der Waals surface area contributed by atoms with E-state index in [1.165, 1.54) is 12.3 Å². The van der Waals surface area contributed by atoms with Gasteiger partial charge in [0, 0.05) is 16.8 Å². The van der Waals surface area contributed by atoms with Gasteiger partial charge in [-0.15, -0.1) is 0 Å². The number of aromatic nitrogens is 1. The second kappa shape index (κ2) is 3.87. The smallest absolute Gasteiger partial charge is 0.165 e. The monoisotopic (exact) mass is 222 g/mol. The number of halogens is 2. The normalized spacial score (nSPS) is 10.3. The number of nitrogens with zero attached hydrogens (tertiary/aromatic N) is 1. The third-order valence-corrected chi connectivity index (χ3v) is 2.26. The fourth-order valence-electron chi connectivity index (χ4n) is 1.27. The molecule has 1 heterocycles. The van der Waals surface area contributed by atoms with Crippen LogP contribution in [0.25, 0.3) is 11.1 Å². The van der Waals surface area contributed by atoms with Crippen molar-refractivity contribution in [1.29, 1.82) is 0 Å². The summed E-state index contributed by atoms with van der Waals surface area (Å²) in [5, 5.41) is 0.602. The molecule has 76 valence electrons. The highest BCUT2D eigenvalue weighted by Crippen LogP contribution is 2.23. The Morgan fingerprint density at radius 1 is 1.20 bits per heavy atom. The van der Waals surface area contributed by atoms with Crippen molar-refractivity contribution in [2.45, 2.75) is 0 Å². The predicted octanol–water partition coefficient (Wildman–Crippen LogP) is 3.12. The Bertz CT molecular complexity index is 500. The molecule has 0 amide bonds. The van der Waals surface area contributed by atoms with Gasteiger partial charge in [-0.3, -0.25) is 0 Å². The molecule has 0 atom stereocenters. The summed E-state index contributed by atoms with van der Waals surface area (Å²) >= 11 is 5.83. The van der Waals surface area contributed by atoms with E-state index in [4.69, 9.17) is 17.3 Å². The molecule has 0 bridgehead atoms. The molecule has 0 aliphatic heterocycles. The molecule has 0 unspecified atom stereocenters. The maximum Gasteiger partial charge on any atom is 0.165 e. The van der Waals surface area contributed by atoms with Gasteiger partial charge in [-0.1, -0.05) is 23.7 Å². The summed E-state index contributed by atoms with van der Waals surface area (Å²) in [5.41, 5.74) is 6.75. The minimum atomic E-state index is -0.521. The van der Waals surface area contributed by atoms with Crippen LogP contribution in [0, 0.1) is 5.82 Å². The largest absolute Gasteiger partial charge is 0.381 e. The molecule has 2 N–H and O–H groups in total. The van der Waals surface area contributed by atoms with E-state index in [1.54, 1.807) is 18.2 Å². The predicted molar refractivity (Wildman–Crippen MR) is 59.1 cm³/mol. The molecule has 2 nitrogen and oxygen atoms in total. The number of pyridine rings is 1. The molecule has 0 aliphatic rings. The van der Waals surface area contributed by atoms with E-state index in [2.05, 4.69) is 4.98 Å². The second-order valence-corrected chi connectivity index (χ2v) is 3.54. The Hall–Kier alpha value is -1.61. The molecule has 2 aromatic rings. The molecule has 1 aromatic heterocycles. The summed E-state index contributed by atoms with van der Waals surface area (Å²) in [6, 6.07) is 8.47. The van der Waals surface area contributed by atoms with Crippen LogP contribution >= 0.6 is 11.6 Å². The van der Waals surface area contributed by atoms with Gasteiger partial charge < -0.3 is 5.73 Å². The summed E-state index contributed by atoms with van der Waals surface area (Å²) in [5.74, 6) is -0.617. The van der Waals surface area contributed by atoms with Gasteiger partial charge in [0.1, 0.15) is 0 Å². The zero-order valence-corrected chi connectivity index (χ0v) is 8.50. The van der Waals surface area contributed by atoms with Crippen molar-refractivity contribution in [1.82, 2.24) is 4.98 Å². The van der Waals surface area contributed by atoms with E-state index in [0.717, 1.165) is 5.56 Å². The highest BCUT2D eigenvalue weighted by Gasteiger charge is 2.03. The first kappa shape index (κ1) is 9.93. The van der Waals surface area contributed by atoms with Gasteiger partial charge in [0.25, 0.3) is 0 Å². The van der Waals surface area contributed by atoms with Crippen LogP contribution in [0.1, 0.15) is 0 Å². The summed E-state index contributed by atoms with van der Waals surface area (Å²) in [4.78, 5) is 3.74. The molecule has 15 heavy (non-hydrogen) atoms. The lowest BCUT2D eigenvalue weighted by Gasteiger charge is -2.02. The average Bonchev–Trinajstić information content (AvgIpc) is 2.22. The van der Waals surface area contributed by atoms with E-state index >= 15 is 0 Å². The summed E-state index contributed by atoms with van der Waals surface area (Å²) in [7, 11) is 0. The first-order valence-corrected chi connectivity index (χ1v) is 4.71. The summed E-state index contributed by atoms with van der Waals surface area (Å²) in [6.07, 6.45) is 1.52. The van der Waals surface area contributed by atoms with Crippen molar-refractivity contribution in [2.24, 2.45) is 0 Å².